The highest BCUT2D eigenvalue weighted by atomic mass is 32.2. The smallest absolute Gasteiger partial charge is 0.232 e. The van der Waals surface area contributed by atoms with Crippen LogP contribution in [0.1, 0.15) is 33.1 Å². The van der Waals surface area contributed by atoms with E-state index in [1.165, 1.54) is 24.3 Å². The number of carbonyl (C=O) groups is 1. The molecular formula is C12H22N2OS2. The Labute approximate surface area is 113 Å². The quantitative estimate of drug-likeness (QED) is 0.752. The van der Waals surface area contributed by atoms with E-state index >= 15 is 0 Å². The molecule has 0 aromatic rings. The van der Waals surface area contributed by atoms with Gasteiger partial charge in [0.05, 0.1) is 10.4 Å². The minimum absolute atomic E-state index is 0.0225. The van der Waals surface area contributed by atoms with Crippen LogP contribution in [0.25, 0.3) is 0 Å². The first kappa shape index (κ1) is 14.8. The van der Waals surface area contributed by atoms with Gasteiger partial charge in [0.15, 0.2) is 0 Å². The molecule has 17 heavy (non-hydrogen) atoms. The van der Waals surface area contributed by atoms with E-state index in [-0.39, 0.29) is 10.9 Å². The fraction of sp³-hybridized carbons (Fsp3) is 0.833. The number of hydrogen-bond acceptors (Lipinski definition) is 3. The summed E-state index contributed by atoms with van der Waals surface area (Å²) in [5.74, 6) is 3.01. The summed E-state index contributed by atoms with van der Waals surface area (Å²) < 4.78 is 0. The second-order valence-electron chi connectivity index (χ2n) is 4.82. The molecule has 0 aromatic heterocycles. The summed E-state index contributed by atoms with van der Waals surface area (Å²) in [5.41, 5.74) is 4.96. The van der Waals surface area contributed by atoms with Crippen molar-refractivity contribution in [3.63, 3.8) is 0 Å². The SMILES string of the molecule is CCC(C)(C(=O)NCC1CCSCC1)C(N)=S. The first-order valence-corrected chi connectivity index (χ1v) is 7.73. The zero-order valence-electron chi connectivity index (χ0n) is 10.6. The lowest BCUT2D eigenvalue weighted by Crippen LogP contribution is -2.47. The largest absolute Gasteiger partial charge is 0.392 e. The number of amides is 1. The van der Waals surface area contributed by atoms with Crippen LogP contribution < -0.4 is 11.1 Å². The van der Waals surface area contributed by atoms with Gasteiger partial charge in [0, 0.05) is 6.54 Å². The van der Waals surface area contributed by atoms with E-state index < -0.39 is 5.41 Å². The molecule has 0 saturated carbocycles. The Hall–Kier alpha value is -0.290. The standard InChI is InChI=1S/C12H22N2OS2/c1-3-12(2,10(13)16)11(15)14-8-9-4-6-17-7-5-9/h9H,3-8H2,1-2H3,(H2,13,16)(H,14,15). The van der Waals surface area contributed by atoms with Crippen LogP contribution in [0.3, 0.4) is 0 Å². The third kappa shape index (κ3) is 3.85. The van der Waals surface area contributed by atoms with Gasteiger partial charge in [-0.2, -0.15) is 11.8 Å². The average molecular weight is 274 g/mol. The second-order valence-corrected chi connectivity index (χ2v) is 6.48. The number of nitrogens with one attached hydrogen (secondary N) is 1. The van der Waals surface area contributed by atoms with E-state index in [2.05, 4.69) is 5.32 Å². The van der Waals surface area contributed by atoms with Crippen LogP contribution in [-0.4, -0.2) is 28.9 Å². The summed E-state index contributed by atoms with van der Waals surface area (Å²) in [5, 5.41) is 3.01. The summed E-state index contributed by atoms with van der Waals surface area (Å²) in [4.78, 5) is 12.4. The molecule has 1 atom stereocenters. The molecule has 0 spiro atoms. The van der Waals surface area contributed by atoms with E-state index in [1.54, 1.807) is 0 Å². The number of thiocarbonyl (C=S) groups is 1. The second kappa shape index (κ2) is 6.59. The number of hydrogen-bond donors (Lipinski definition) is 2. The van der Waals surface area contributed by atoms with E-state index in [0.717, 1.165) is 6.54 Å². The molecule has 5 heteroatoms. The number of nitrogens with two attached hydrogens (primary N) is 1. The van der Waals surface area contributed by atoms with Gasteiger partial charge in [-0.05, 0) is 43.6 Å². The van der Waals surface area contributed by atoms with E-state index in [9.17, 15) is 4.79 Å². The maximum Gasteiger partial charge on any atom is 0.232 e. The summed E-state index contributed by atoms with van der Waals surface area (Å²) in [6.07, 6.45) is 3.04. The van der Waals surface area contributed by atoms with Crippen LogP contribution in [0, 0.1) is 11.3 Å². The Morgan fingerprint density at radius 1 is 1.53 bits per heavy atom. The fourth-order valence-electron chi connectivity index (χ4n) is 1.83. The van der Waals surface area contributed by atoms with E-state index in [1.807, 2.05) is 25.6 Å². The third-order valence-corrected chi connectivity index (χ3v) is 5.14. The Morgan fingerprint density at radius 2 is 2.12 bits per heavy atom. The molecule has 3 N–H and O–H groups in total. The van der Waals surface area contributed by atoms with Crippen molar-refractivity contribution < 1.29 is 4.79 Å². The minimum Gasteiger partial charge on any atom is -0.392 e. The highest BCUT2D eigenvalue weighted by molar-refractivity contribution is 7.99. The first-order valence-electron chi connectivity index (χ1n) is 6.16. The lowest BCUT2D eigenvalue weighted by atomic mass is 9.86. The van der Waals surface area contributed by atoms with Crippen molar-refractivity contribution in [3.8, 4) is 0 Å². The maximum absolute atomic E-state index is 12.1. The third-order valence-electron chi connectivity index (χ3n) is 3.64. The zero-order valence-corrected chi connectivity index (χ0v) is 12.3. The van der Waals surface area contributed by atoms with Crippen LogP contribution in [0.4, 0.5) is 0 Å². The molecule has 1 heterocycles. The topological polar surface area (TPSA) is 55.1 Å². The molecule has 1 unspecified atom stereocenters. The van der Waals surface area contributed by atoms with Gasteiger partial charge in [0.25, 0.3) is 0 Å². The highest BCUT2D eigenvalue weighted by Gasteiger charge is 2.34. The van der Waals surface area contributed by atoms with Gasteiger partial charge in [-0.3, -0.25) is 4.79 Å². The summed E-state index contributed by atoms with van der Waals surface area (Å²) in [6.45, 7) is 4.52. The average Bonchev–Trinajstić information content (AvgIpc) is 2.35. The van der Waals surface area contributed by atoms with Crippen molar-refractivity contribution in [1.29, 1.82) is 0 Å². The molecule has 0 aliphatic carbocycles. The van der Waals surface area contributed by atoms with Gasteiger partial charge in [0.1, 0.15) is 0 Å². The normalized spacial score (nSPS) is 20.6. The Balaban J connectivity index is 2.44. The van der Waals surface area contributed by atoms with Gasteiger partial charge >= 0.3 is 0 Å². The van der Waals surface area contributed by atoms with Gasteiger partial charge in [0.2, 0.25) is 5.91 Å². The molecule has 0 radical (unpaired) electrons. The van der Waals surface area contributed by atoms with Crippen LogP contribution in [0.2, 0.25) is 0 Å². The summed E-state index contributed by atoms with van der Waals surface area (Å²) in [7, 11) is 0. The van der Waals surface area contributed by atoms with Crippen molar-refractivity contribution in [2.24, 2.45) is 17.1 Å². The monoisotopic (exact) mass is 274 g/mol. The molecule has 1 saturated heterocycles. The molecular weight excluding hydrogens is 252 g/mol. The van der Waals surface area contributed by atoms with Gasteiger partial charge in [-0.25, -0.2) is 0 Å². The van der Waals surface area contributed by atoms with Crippen molar-refractivity contribution in [2.75, 3.05) is 18.1 Å². The summed E-state index contributed by atoms with van der Waals surface area (Å²) in [6, 6.07) is 0. The van der Waals surface area contributed by atoms with Gasteiger partial charge in [-0.15, -0.1) is 0 Å². The van der Waals surface area contributed by atoms with Crippen LogP contribution in [-0.2, 0) is 4.79 Å². The van der Waals surface area contributed by atoms with Crippen molar-refractivity contribution in [3.05, 3.63) is 0 Å². The molecule has 1 fully saturated rings. The molecule has 98 valence electrons. The number of rotatable bonds is 5. The van der Waals surface area contributed by atoms with E-state index in [4.69, 9.17) is 18.0 Å². The molecule has 3 nitrogen and oxygen atoms in total. The Morgan fingerprint density at radius 3 is 2.59 bits per heavy atom. The molecule has 0 aromatic carbocycles. The predicted molar refractivity (Wildman–Crippen MR) is 78.2 cm³/mol. The van der Waals surface area contributed by atoms with Crippen molar-refractivity contribution in [1.82, 2.24) is 5.32 Å². The lowest BCUT2D eigenvalue weighted by molar-refractivity contribution is -0.127. The first-order chi connectivity index (χ1) is 8.00. The van der Waals surface area contributed by atoms with Gasteiger partial charge < -0.3 is 11.1 Å². The van der Waals surface area contributed by atoms with Crippen LogP contribution in [0.5, 0.6) is 0 Å². The van der Waals surface area contributed by atoms with Crippen molar-refractivity contribution >= 4 is 34.9 Å². The molecule has 0 bridgehead atoms. The molecule has 1 aliphatic rings. The van der Waals surface area contributed by atoms with Gasteiger partial charge in [-0.1, -0.05) is 19.1 Å². The predicted octanol–water partition coefficient (Wildman–Crippen LogP) is 1.95. The molecule has 1 aliphatic heterocycles. The maximum atomic E-state index is 12.1. The Kier molecular flexibility index (Phi) is 5.73. The molecule has 1 amide bonds. The number of carbonyl (C=O) groups excluding carboxylic acids is 1. The zero-order chi connectivity index (χ0) is 12.9. The fourth-order valence-corrected chi connectivity index (χ4v) is 3.27. The van der Waals surface area contributed by atoms with E-state index in [0.29, 0.717) is 12.3 Å². The molecule has 1 rings (SSSR count). The summed E-state index contributed by atoms with van der Waals surface area (Å²) >= 11 is 6.98. The Bertz CT molecular complexity index is 290. The van der Waals surface area contributed by atoms with Crippen molar-refractivity contribution in [2.45, 2.75) is 33.1 Å². The lowest BCUT2D eigenvalue weighted by Gasteiger charge is -2.28. The highest BCUT2D eigenvalue weighted by Crippen LogP contribution is 2.24. The van der Waals surface area contributed by atoms with Crippen LogP contribution >= 0.6 is 24.0 Å². The van der Waals surface area contributed by atoms with Crippen LogP contribution in [0.15, 0.2) is 0 Å². The number of thioether (sulfide) groups is 1. The minimum atomic E-state index is -0.696.